The van der Waals surface area contributed by atoms with Crippen molar-refractivity contribution in [2.75, 3.05) is 20.1 Å². The number of hydrogen-bond acceptors (Lipinski definition) is 1. The van der Waals surface area contributed by atoms with Crippen molar-refractivity contribution < 1.29 is 0 Å². The van der Waals surface area contributed by atoms with Crippen molar-refractivity contribution in [3.8, 4) is 0 Å². The Hall–Kier alpha value is -0.0400. The van der Waals surface area contributed by atoms with E-state index in [9.17, 15) is 0 Å². The average Bonchev–Trinajstić information content (AvgIpc) is 2.65. The topological polar surface area (TPSA) is 3.24 Å². The van der Waals surface area contributed by atoms with E-state index in [2.05, 4.69) is 11.9 Å². The third-order valence-corrected chi connectivity index (χ3v) is 7.38. The Labute approximate surface area is 145 Å². The molecule has 4 atom stereocenters. The lowest BCUT2D eigenvalue weighted by molar-refractivity contribution is 0.170. The number of hydrogen-bond donors (Lipinski definition) is 0. The van der Waals surface area contributed by atoms with Crippen LogP contribution in [0.3, 0.4) is 0 Å². The van der Waals surface area contributed by atoms with Gasteiger partial charge in [0.05, 0.1) is 0 Å². The molecule has 23 heavy (non-hydrogen) atoms. The molecule has 0 amide bonds. The summed E-state index contributed by atoms with van der Waals surface area (Å²) in [5.74, 6) is 4.10. The maximum absolute atomic E-state index is 2.75. The van der Waals surface area contributed by atoms with Crippen LogP contribution in [0.25, 0.3) is 0 Å². The van der Waals surface area contributed by atoms with Crippen LogP contribution in [0, 0.1) is 23.7 Å². The van der Waals surface area contributed by atoms with Gasteiger partial charge in [-0.1, -0.05) is 70.6 Å². The lowest BCUT2D eigenvalue weighted by Gasteiger charge is -2.32. The van der Waals surface area contributed by atoms with Gasteiger partial charge in [-0.3, -0.25) is 0 Å². The first-order valence-corrected chi connectivity index (χ1v) is 11.0. The fourth-order valence-corrected chi connectivity index (χ4v) is 6.00. The standard InChI is InChI=1S/C22H41N/c1-23-17-21-13-9-4-2-3-7-11-19(21)15-16-20-12-8-5-6-10-14-22(20)18-23/h19-22H,2-18H2,1H3. The second-order valence-corrected chi connectivity index (χ2v) is 9.18. The maximum Gasteiger partial charge on any atom is 0.000937 e. The number of nitrogens with zero attached hydrogens (tertiary/aromatic N) is 1. The zero-order valence-corrected chi connectivity index (χ0v) is 15.8. The van der Waals surface area contributed by atoms with Gasteiger partial charge in [0.2, 0.25) is 0 Å². The van der Waals surface area contributed by atoms with Crippen molar-refractivity contribution in [3.63, 3.8) is 0 Å². The Kier molecular flexibility index (Phi) is 7.30. The maximum atomic E-state index is 2.75. The summed E-state index contributed by atoms with van der Waals surface area (Å²) in [6, 6.07) is 0. The van der Waals surface area contributed by atoms with Crippen molar-refractivity contribution in [2.45, 2.75) is 96.3 Å². The van der Waals surface area contributed by atoms with Gasteiger partial charge in [-0.2, -0.15) is 0 Å². The Morgan fingerprint density at radius 2 is 0.783 bits per heavy atom. The van der Waals surface area contributed by atoms with Gasteiger partial charge in [0.25, 0.3) is 0 Å². The van der Waals surface area contributed by atoms with E-state index >= 15 is 0 Å². The van der Waals surface area contributed by atoms with Crippen LogP contribution >= 0.6 is 0 Å². The molecule has 3 rings (SSSR count). The van der Waals surface area contributed by atoms with Crippen molar-refractivity contribution in [1.29, 1.82) is 0 Å². The van der Waals surface area contributed by atoms with Gasteiger partial charge in [-0.15, -0.1) is 0 Å². The zero-order chi connectivity index (χ0) is 15.9. The van der Waals surface area contributed by atoms with E-state index in [1.54, 1.807) is 12.8 Å². The summed E-state index contributed by atoms with van der Waals surface area (Å²) in [5, 5.41) is 0. The Morgan fingerprint density at radius 1 is 0.435 bits per heavy atom. The molecule has 1 aliphatic heterocycles. The molecule has 1 heteroatoms. The van der Waals surface area contributed by atoms with E-state index in [4.69, 9.17) is 0 Å². The van der Waals surface area contributed by atoms with Crippen LogP contribution in [0.15, 0.2) is 0 Å². The summed E-state index contributed by atoms with van der Waals surface area (Å²) in [5.41, 5.74) is 0. The van der Waals surface area contributed by atoms with Crippen LogP contribution in [-0.4, -0.2) is 25.0 Å². The average molecular weight is 320 g/mol. The molecule has 3 aliphatic rings. The third-order valence-electron chi connectivity index (χ3n) is 7.38. The molecule has 0 aromatic rings. The number of fused-ring (bicyclic) bond motifs is 2. The van der Waals surface area contributed by atoms with Crippen molar-refractivity contribution in [1.82, 2.24) is 4.90 Å². The minimum absolute atomic E-state index is 1.00. The van der Waals surface area contributed by atoms with Gasteiger partial charge in [0.1, 0.15) is 0 Å². The van der Waals surface area contributed by atoms with Crippen LogP contribution < -0.4 is 0 Å². The molecule has 0 spiro atoms. The zero-order valence-electron chi connectivity index (χ0n) is 15.8. The fraction of sp³-hybridized carbons (Fsp3) is 1.00. The van der Waals surface area contributed by atoms with Gasteiger partial charge < -0.3 is 4.90 Å². The van der Waals surface area contributed by atoms with E-state index < -0.39 is 0 Å². The first-order valence-electron chi connectivity index (χ1n) is 11.0. The summed E-state index contributed by atoms with van der Waals surface area (Å²) in [6.07, 6.45) is 22.8. The van der Waals surface area contributed by atoms with Gasteiger partial charge in [-0.25, -0.2) is 0 Å². The van der Waals surface area contributed by atoms with Gasteiger partial charge in [-0.05, 0) is 56.4 Å². The highest BCUT2D eigenvalue weighted by molar-refractivity contribution is 4.83. The lowest BCUT2D eigenvalue weighted by Crippen LogP contribution is -2.34. The first-order chi connectivity index (χ1) is 11.3. The molecule has 0 aromatic carbocycles. The largest absolute Gasteiger partial charge is 0.306 e. The molecule has 2 aliphatic carbocycles. The van der Waals surface area contributed by atoms with Crippen LogP contribution in [-0.2, 0) is 0 Å². The molecular weight excluding hydrogens is 278 g/mol. The fourth-order valence-electron chi connectivity index (χ4n) is 6.00. The Bertz CT molecular complexity index is 326. The summed E-state index contributed by atoms with van der Waals surface area (Å²) < 4.78 is 0. The van der Waals surface area contributed by atoms with E-state index in [-0.39, 0.29) is 0 Å². The predicted octanol–water partition coefficient (Wildman–Crippen LogP) is 6.28. The monoisotopic (exact) mass is 319 g/mol. The Morgan fingerprint density at radius 3 is 1.22 bits per heavy atom. The molecule has 4 unspecified atom stereocenters. The lowest BCUT2D eigenvalue weighted by atomic mass is 9.76. The molecule has 134 valence electrons. The van der Waals surface area contributed by atoms with Gasteiger partial charge in [0.15, 0.2) is 0 Å². The normalized spacial score (nSPS) is 39.0. The smallest absolute Gasteiger partial charge is 0.000937 e. The van der Waals surface area contributed by atoms with E-state index in [0.717, 1.165) is 23.7 Å². The molecule has 0 radical (unpaired) electrons. The summed E-state index contributed by atoms with van der Waals surface area (Å²) in [7, 11) is 2.44. The predicted molar refractivity (Wildman–Crippen MR) is 101 cm³/mol. The third kappa shape index (κ3) is 5.48. The molecule has 0 aromatic heterocycles. The SMILES string of the molecule is CN1CC2CCCCCCCC2CCC2CCCCCCC2C1. The highest BCUT2D eigenvalue weighted by atomic mass is 15.1. The summed E-state index contributed by atoms with van der Waals surface area (Å²) >= 11 is 0. The molecule has 1 saturated heterocycles. The highest BCUT2D eigenvalue weighted by Crippen LogP contribution is 2.38. The van der Waals surface area contributed by atoms with Gasteiger partial charge in [0, 0.05) is 13.1 Å². The molecule has 1 nitrogen and oxygen atoms in total. The van der Waals surface area contributed by atoms with Crippen LogP contribution in [0.4, 0.5) is 0 Å². The number of rotatable bonds is 0. The van der Waals surface area contributed by atoms with E-state index in [0.29, 0.717) is 0 Å². The van der Waals surface area contributed by atoms with E-state index in [1.807, 2.05) is 0 Å². The molecule has 0 bridgehead atoms. The second-order valence-electron chi connectivity index (χ2n) is 9.18. The Balaban J connectivity index is 1.69. The minimum atomic E-state index is 1.00. The van der Waals surface area contributed by atoms with Crippen molar-refractivity contribution in [2.24, 2.45) is 23.7 Å². The molecule has 0 N–H and O–H groups in total. The molecular formula is C22H41N. The molecule has 1 heterocycles. The quantitative estimate of drug-likeness (QED) is 0.508. The summed E-state index contributed by atoms with van der Waals surface area (Å²) in [4.78, 5) is 2.75. The van der Waals surface area contributed by atoms with Crippen molar-refractivity contribution in [3.05, 3.63) is 0 Å². The molecule has 2 saturated carbocycles. The highest BCUT2D eigenvalue weighted by Gasteiger charge is 2.30. The van der Waals surface area contributed by atoms with Crippen LogP contribution in [0.1, 0.15) is 96.3 Å². The van der Waals surface area contributed by atoms with E-state index in [1.165, 1.54) is 96.6 Å². The molecule has 3 fully saturated rings. The van der Waals surface area contributed by atoms with Crippen LogP contribution in [0.5, 0.6) is 0 Å². The first kappa shape index (κ1) is 17.8. The second kappa shape index (κ2) is 9.44. The van der Waals surface area contributed by atoms with Crippen LogP contribution in [0.2, 0.25) is 0 Å². The van der Waals surface area contributed by atoms with Crippen molar-refractivity contribution >= 4 is 0 Å². The summed E-state index contributed by atoms with van der Waals surface area (Å²) in [6.45, 7) is 2.79. The van der Waals surface area contributed by atoms with Gasteiger partial charge >= 0.3 is 0 Å². The minimum Gasteiger partial charge on any atom is -0.306 e.